The summed E-state index contributed by atoms with van der Waals surface area (Å²) >= 11 is 9.31. The lowest BCUT2D eigenvalue weighted by molar-refractivity contribution is 0.0693. The summed E-state index contributed by atoms with van der Waals surface area (Å²) in [5.74, 6) is -0.555. The van der Waals surface area contributed by atoms with Crippen molar-refractivity contribution in [1.29, 1.82) is 0 Å². The summed E-state index contributed by atoms with van der Waals surface area (Å²) in [6.45, 7) is 0.0777. The Balaban J connectivity index is 2.21. The molecule has 19 heavy (non-hydrogen) atoms. The molecule has 0 atom stereocenters. The Morgan fingerprint density at radius 3 is 3.00 bits per heavy atom. The number of ether oxygens (including phenoxy) is 1. The van der Waals surface area contributed by atoms with Gasteiger partial charge in [0.1, 0.15) is 17.9 Å². The predicted octanol–water partition coefficient (Wildman–Crippen LogP) is 3.11. The highest BCUT2D eigenvalue weighted by Crippen LogP contribution is 2.28. The quantitative estimate of drug-likeness (QED) is 0.925. The number of nitrogens with zero attached hydrogens (tertiary/aromatic N) is 2. The van der Waals surface area contributed by atoms with Crippen molar-refractivity contribution in [3.8, 4) is 5.75 Å². The maximum Gasteiger partial charge on any atom is 0.339 e. The van der Waals surface area contributed by atoms with Gasteiger partial charge in [0.05, 0.1) is 16.9 Å². The predicted molar refractivity (Wildman–Crippen MR) is 73.7 cm³/mol. The number of carboxylic acids is 1. The molecule has 0 radical (unpaired) electrons. The van der Waals surface area contributed by atoms with Gasteiger partial charge in [-0.2, -0.15) is 5.10 Å². The Morgan fingerprint density at radius 2 is 2.32 bits per heavy atom. The van der Waals surface area contributed by atoms with Crippen LogP contribution in [0.3, 0.4) is 0 Å². The van der Waals surface area contributed by atoms with Crippen molar-refractivity contribution in [3.05, 3.63) is 45.1 Å². The molecule has 1 N–H and O–H groups in total. The van der Waals surface area contributed by atoms with Crippen LogP contribution in [-0.2, 0) is 13.7 Å². The molecule has 0 aliphatic carbocycles. The second-order valence-corrected chi connectivity index (χ2v) is 5.12. The number of aromatic carboxylic acids is 1. The van der Waals surface area contributed by atoms with Gasteiger partial charge in [-0.25, -0.2) is 4.79 Å². The van der Waals surface area contributed by atoms with Gasteiger partial charge >= 0.3 is 5.97 Å². The normalized spacial score (nSPS) is 10.5. The Morgan fingerprint density at radius 1 is 1.58 bits per heavy atom. The molecular formula is C12H10BrClN2O3. The summed E-state index contributed by atoms with van der Waals surface area (Å²) in [4.78, 5) is 11.0. The Kier molecular flexibility index (Phi) is 4.11. The summed E-state index contributed by atoms with van der Waals surface area (Å²) in [6, 6.07) is 5.21. The van der Waals surface area contributed by atoms with Crippen LogP contribution in [0.1, 0.15) is 16.1 Å². The van der Waals surface area contributed by atoms with Crippen molar-refractivity contribution in [2.75, 3.05) is 0 Å². The highest BCUT2D eigenvalue weighted by molar-refractivity contribution is 9.10. The van der Waals surface area contributed by atoms with E-state index < -0.39 is 5.97 Å². The molecule has 0 amide bonds. The maximum atomic E-state index is 11.0. The zero-order chi connectivity index (χ0) is 14.0. The van der Waals surface area contributed by atoms with E-state index in [1.54, 1.807) is 25.2 Å². The third kappa shape index (κ3) is 3.08. The van der Waals surface area contributed by atoms with Gasteiger partial charge in [-0.05, 0) is 18.2 Å². The fraction of sp³-hybridized carbons (Fsp3) is 0.167. The van der Waals surface area contributed by atoms with Crippen LogP contribution in [0.5, 0.6) is 5.75 Å². The fourth-order valence-corrected chi connectivity index (χ4v) is 2.06. The van der Waals surface area contributed by atoms with E-state index in [9.17, 15) is 4.79 Å². The molecule has 2 rings (SSSR count). The number of benzene rings is 1. The summed E-state index contributed by atoms with van der Waals surface area (Å²) in [5.41, 5.74) is 0.595. The number of carboxylic acid groups (broad SMARTS) is 1. The largest absolute Gasteiger partial charge is 0.486 e. The molecular weight excluding hydrogens is 336 g/mol. The summed E-state index contributed by atoms with van der Waals surface area (Å²) in [5, 5.41) is 13.4. The molecule has 0 spiro atoms. The molecule has 7 heteroatoms. The maximum absolute atomic E-state index is 11.0. The second kappa shape index (κ2) is 5.63. The van der Waals surface area contributed by atoms with Gasteiger partial charge in [0.25, 0.3) is 0 Å². The minimum absolute atomic E-state index is 0.0777. The van der Waals surface area contributed by atoms with E-state index in [0.717, 1.165) is 4.47 Å². The zero-order valence-corrected chi connectivity index (χ0v) is 12.3. The highest BCUT2D eigenvalue weighted by atomic mass is 79.9. The molecule has 2 aromatic rings. The SMILES string of the molecule is Cn1ncc(C(=O)O)c1COc1cc(Br)ccc1Cl. The number of rotatable bonds is 4. The van der Waals surface area contributed by atoms with Gasteiger partial charge < -0.3 is 9.84 Å². The molecule has 100 valence electrons. The van der Waals surface area contributed by atoms with E-state index in [1.807, 2.05) is 0 Å². The van der Waals surface area contributed by atoms with Crippen LogP contribution < -0.4 is 4.74 Å². The molecule has 1 aromatic heterocycles. The van der Waals surface area contributed by atoms with Crippen LogP contribution in [-0.4, -0.2) is 20.9 Å². The number of hydrogen-bond donors (Lipinski definition) is 1. The lowest BCUT2D eigenvalue weighted by atomic mass is 10.2. The van der Waals surface area contributed by atoms with Crippen LogP contribution in [0.2, 0.25) is 5.02 Å². The molecule has 0 unspecified atom stereocenters. The zero-order valence-electron chi connectivity index (χ0n) is 9.93. The topological polar surface area (TPSA) is 64.4 Å². The van der Waals surface area contributed by atoms with Crippen LogP contribution in [0, 0.1) is 0 Å². The van der Waals surface area contributed by atoms with Gasteiger partial charge in [0.2, 0.25) is 0 Å². The molecule has 1 heterocycles. The first-order chi connectivity index (χ1) is 8.99. The summed E-state index contributed by atoms with van der Waals surface area (Å²) in [7, 11) is 1.66. The molecule has 1 aromatic carbocycles. The van der Waals surface area contributed by atoms with Crippen LogP contribution in [0.4, 0.5) is 0 Å². The lowest BCUT2D eigenvalue weighted by Crippen LogP contribution is -2.08. The number of aryl methyl sites for hydroxylation is 1. The van der Waals surface area contributed by atoms with Gasteiger partial charge in [-0.3, -0.25) is 4.68 Å². The minimum Gasteiger partial charge on any atom is -0.486 e. The molecule has 0 fully saturated rings. The van der Waals surface area contributed by atoms with Gasteiger partial charge in [0, 0.05) is 11.5 Å². The number of aromatic nitrogens is 2. The Labute approximate surface area is 122 Å². The van der Waals surface area contributed by atoms with Crippen molar-refractivity contribution >= 4 is 33.5 Å². The smallest absolute Gasteiger partial charge is 0.339 e. The van der Waals surface area contributed by atoms with Crippen molar-refractivity contribution in [2.24, 2.45) is 7.05 Å². The van der Waals surface area contributed by atoms with Crippen molar-refractivity contribution in [2.45, 2.75) is 6.61 Å². The first-order valence-corrected chi connectivity index (χ1v) is 6.48. The van der Waals surface area contributed by atoms with Crippen molar-refractivity contribution < 1.29 is 14.6 Å². The van der Waals surface area contributed by atoms with E-state index in [-0.39, 0.29) is 12.2 Å². The van der Waals surface area contributed by atoms with Gasteiger partial charge in [-0.1, -0.05) is 27.5 Å². The number of halogens is 2. The average Bonchev–Trinajstić information content (AvgIpc) is 2.72. The third-order valence-corrected chi connectivity index (χ3v) is 3.36. The standard InChI is InChI=1S/C12H10BrClN2O3/c1-16-10(8(5-15-16)12(17)18)6-19-11-4-7(13)2-3-9(11)14/h2-5H,6H2,1H3,(H,17,18). The monoisotopic (exact) mass is 344 g/mol. The van der Waals surface area contributed by atoms with Crippen LogP contribution in [0.15, 0.2) is 28.9 Å². The molecule has 0 bridgehead atoms. The minimum atomic E-state index is -1.04. The van der Waals surface area contributed by atoms with E-state index in [1.165, 1.54) is 10.9 Å². The second-order valence-electron chi connectivity index (χ2n) is 3.80. The van der Waals surface area contributed by atoms with Gasteiger partial charge in [-0.15, -0.1) is 0 Å². The number of carbonyl (C=O) groups is 1. The summed E-state index contributed by atoms with van der Waals surface area (Å²) in [6.07, 6.45) is 1.30. The molecule has 0 saturated heterocycles. The van der Waals surface area contributed by atoms with E-state index in [0.29, 0.717) is 16.5 Å². The van der Waals surface area contributed by atoms with Crippen LogP contribution >= 0.6 is 27.5 Å². The Hall–Kier alpha value is -1.53. The molecule has 0 saturated carbocycles. The lowest BCUT2D eigenvalue weighted by Gasteiger charge is -2.09. The highest BCUT2D eigenvalue weighted by Gasteiger charge is 2.16. The van der Waals surface area contributed by atoms with Crippen molar-refractivity contribution in [1.82, 2.24) is 9.78 Å². The summed E-state index contributed by atoms with van der Waals surface area (Å²) < 4.78 is 7.84. The molecule has 0 aliphatic rings. The molecule has 0 aliphatic heterocycles. The fourth-order valence-electron chi connectivity index (χ4n) is 1.55. The Bertz CT molecular complexity index is 627. The first-order valence-electron chi connectivity index (χ1n) is 5.31. The third-order valence-electron chi connectivity index (χ3n) is 2.55. The van der Waals surface area contributed by atoms with Crippen LogP contribution in [0.25, 0.3) is 0 Å². The van der Waals surface area contributed by atoms with E-state index in [4.69, 9.17) is 21.4 Å². The van der Waals surface area contributed by atoms with E-state index >= 15 is 0 Å². The van der Waals surface area contributed by atoms with Gasteiger partial charge in [0.15, 0.2) is 0 Å². The first kappa shape index (κ1) is 13.9. The average molecular weight is 346 g/mol. The number of hydrogen-bond acceptors (Lipinski definition) is 3. The molecule has 5 nitrogen and oxygen atoms in total. The van der Waals surface area contributed by atoms with E-state index in [2.05, 4.69) is 21.0 Å². The van der Waals surface area contributed by atoms with Crippen molar-refractivity contribution in [3.63, 3.8) is 0 Å².